The van der Waals surface area contributed by atoms with Crippen molar-refractivity contribution in [1.29, 1.82) is 0 Å². The lowest BCUT2D eigenvalue weighted by Gasteiger charge is -2.36. The molecule has 1 heterocycles. The Kier molecular flexibility index (Phi) is 6.76. The monoisotopic (exact) mass is 468 g/mol. The smallest absolute Gasteiger partial charge is 0.243 e. The average Bonchev–Trinajstić information content (AvgIpc) is 2.83. The molecular weight excluding hydrogens is 443 g/mol. The highest BCUT2D eigenvalue weighted by atomic mass is 32.2. The van der Waals surface area contributed by atoms with Crippen LogP contribution in [0.4, 0.5) is 4.39 Å². The second kappa shape index (κ2) is 9.72. The lowest BCUT2D eigenvalue weighted by atomic mass is 9.92. The van der Waals surface area contributed by atoms with Crippen LogP contribution in [0.1, 0.15) is 29.2 Å². The van der Waals surface area contributed by atoms with Crippen molar-refractivity contribution in [3.8, 4) is 5.75 Å². The summed E-state index contributed by atoms with van der Waals surface area (Å²) in [5.41, 5.74) is 2.71. The van der Waals surface area contributed by atoms with Gasteiger partial charge in [0.15, 0.2) is 0 Å². The molecule has 1 aliphatic heterocycles. The average molecular weight is 469 g/mol. The van der Waals surface area contributed by atoms with E-state index in [-0.39, 0.29) is 23.8 Å². The topological polar surface area (TPSA) is 75.7 Å². The Balaban J connectivity index is 1.57. The van der Waals surface area contributed by atoms with Crippen LogP contribution in [0.3, 0.4) is 0 Å². The van der Waals surface area contributed by atoms with Gasteiger partial charge in [-0.1, -0.05) is 36.4 Å². The highest BCUT2D eigenvalue weighted by Gasteiger charge is 2.37. The normalized spacial score (nSPS) is 16.1. The van der Waals surface area contributed by atoms with Crippen molar-refractivity contribution in [2.24, 2.45) is 0 Å². The highest BCUT2D eigenvalue weighted by molar-refractivity contribution is 7.89. The molecule has 0 radical (unpaired) electrons. The van der Waals surface area contributed by atoms with E-state index in [1.165, 1.54) is 16.4 Å². The number of hydrogen-bond acceptors (Lipinski definition) is 4. The molecule has 0 fully saturated rings. The van der Waals surface area contributed by atoms with E-state index < -0.39 is 21.9 Å². The van der Waals surface area contributed by atoms with E-state index in [2.05, 4.69) is 5.32 Å². The minimum absolute atomic E-state index is 0.00469. The minimum Gasteiger partial charge on any atom is -0.497 e. The van der Waals surface area contributed by atoms with Crippen LogP contribution < -0.4 is 10.1 Å². The van der Waals surface area contributed by atoms with Gasteiger partial charge in [-0.25, -0.2) is 12.8 Å². The van der Waals surface area contributed by atoms with Crippen molar-refractivity contribution >= 4 is 15.9 Å². The maximum absolute atomic E-state index is 13.4. The molecule has 3 aromatic rings. The van der Waals surface area contributed by atoms with E-state index in [0.717, 1.165) is 28.8 Å². The van der Waals surface area contributed by atoms with Gasteiger partial charge in [0, 0.05) is 19.5 Å². The molecule has 1 atom stereocenters. The summed E-state index contributed by atoms with van der Waals surface area (Å²) in [6, 6.07) is 19.0. The summed E-state index contributed by atoms with van der Waals surface area (Å²) < 4.78 is 46.8. The largest absolute Gasteiger partial charge is 0.497 e. The summed E-state index contributed by atoms with van der Waals surface area (Å²) in [6.45, 7) is 0.541. The van der Waals surface area contributed by atoms with Crippen molar-refractivity contribution in [3.05, 3.63) is 95.3 Å². The lowest BCUT2D eigenvalue weighted by Crippen LogP contribution is -2.42. The third-order valence-corrected chi connectivity index (χ3v) is 7.71. The molecule has 0 aliphatic carbocycles. The Labute approximate surface area is 193 Å². The third-order valence-electron chi connectivity index (χ3n) is 5.79. The third kappa shape index (κ3) is 5.07. The molecule has 1 aliphatic rings. The van der Waals surface area contributed by atoms with Gasteiger partial charge in [-0.15, -0.1) is 0 Å². The summed E-state index contributed by atoms with van der Waals surface area (Å²) in [5, 5.41) is 2.88. The zero-order valence-corrected chi connectivity index (χ0v) is 19.0. The quantitative estimate of drug-likeness (QED) is 0.572. The highest BCUT2D eigenvalue weighted by Crippen LogP contribution is 2.36. The predicted octanol–water partition coefficient (Wildman–Crippen LogP) is 3.83. The molecular formula is C25H25FN2O4S. The number of nitrogens with zero attached hydrogens (tertiary/aromatic N) is 1. The Hall–Kier alpha value is -3.23. The number of benzene rings is 3. The fraction of sp³-hybridized carbons (Fsp3) is 0.240. The van der Waals surface area contributed by atoms with Crippen molar-refractivity contribution in [3.63, 3.8) is 0 Å². The molecule has 0 saturated heterocycles. The van der Waals surface area contributed by atoms with E-state index in [9.17, 15) is 17.6 Å². The molecule has 0 saturated carbocycles. The summed E-state index contributed by atoms with van der Waals surface area (Å²) in [7, 11) is -2.34. The van der Waals surface area contributed by atoms with Gasteiger partial charge < -0.3 is 10.1 Å². The van der Waals surface area contributed by atoms with Crippen LogP contribution in [0.2, 0.25) is 0 Å². The van der Waals surface area contributed by atoms with Crippen molar-refractivity contribution in [1.82, 2.24) is 9.62 Å². The Bertz CT molecular complexity index is 1250. The molecule has 6 nitrogen and oxygen atoms in total. The van der Waals surface area contributed by atoms with Gasteiger partial charge in [0.25, 0.3) is 0 Å². The first kappa shape index (κ1) is 22.9. The SMILES string of the molecule is COc1cccc(CNC(=O)CC2c3ccccc3CCN2S(=O)(=O)c2ccc(F)cc2)c1. The van der Waals surface area contributed by atoms with Crippen LogP contribution in [0, 0.1) is 5.82 Å². The molecule has 0 aromatic heterocycles. The summed E-state index contributed by atoms with van der Waals surface area (Å²) >= 11 is 0. The summed E-state index contributed by atoms with van der Waals surface area (Å²) in [5.74, 6) is -0.0789. The second-order valence-corrected chi connectivity index (χ2v) is 9.76. The number of ether oxygens (including phenoxy) is 1. The molecule has 3 aromatic carbocycles. The number of hydrogen-bond donors (Lipinski definition) is 1. The number of sulfonamides is 1. The van der Waals surface area contributed by atoms with E-state index >= 15 is 0 Å². The second-order valence-electron chi connectivity index (χ2n) is 7.87. The summed E-state index contributed by atoms with van der Waals surface area (Å²) in [4.78, 5) is 12.9. The van der Waals surface area contributed by atoms with Gasteiger partial charge in [-0.05, 0) is 59.5 Å². The van der Waals surface area contributed by atoms with Crippen molar-refractivity contribution in [2.75, 3.05) is 13.7 Å². The van der Waals surface area contributed by atoms with Gasteiger partial charge in [-0.3, -0.25) is 4.79 Å². The van der Waals surface area contributed by atoms with Gasteiger partial charge in [0.2, 0.25) is 15.9 Å². The number of amides is 1. The van der Waals surface area contributed by atoms with Crippen LogP contribution in [0.15, 0.2) is 77.7 Å². The van der Waals surface area contributed by atoms with Crippen LogP contribution in [-0.2, 0) is 27.8 Å². The lowest BCUT2D eigenvalue weighted by molar-refractivity contribution is -0.122. The fourth-order valence-electron chi connectivity index (χ4n) is 4.10. The standard InChI is InChI=1S/C25H25FN2O4S/c1-32-21-7-4-5-18(15-21)17-27-25(29)16-24-23-8-3-2-6-19(23)13-14-28(24)33(30,31)22-11-9-20(26)10-12-22/h2-12,15,24H,13-14,16-17H2,1H3,(H,27,29). The fourth-order valence-corrected chi connectivity index (χ4v) is 5.71. The number of nitrogens with one attached hydrogen (secondary N) is 1. The molecule has 0 spiro atoms. The Morgan fingerprint density at radius 3 is 2.61 bits per heavy atom. The molecule has 8 heteroatoms. The van der Waals surface area contributed by atoms with Crippen molar-refractivity contribution < 1.29 is 22.3 Å². The number of fused-ring (bicyclic) bond motifs is 1. The number of methoxy groups -OCH3 is 1. The van der Waals surface area contributed by atoms with E-state index in [0.29, 0.717) is 18.7 Å². The maximum Gasteiger partial charge on any atom is 0.243 e. The molecule has 172 valence electrons. The van der Waals surface area contributed by atoms with Gasteiger partial charge in [-0.2, -0.15) is 4.31 Å². The van der Waals surface area contributed by atoms with E-state index in [1.54, 1.807) is 7.11 Å². The van der Waals surface area contributed by atoms with Crippen LogP contribution >= 0.6 is 0 Å². The van der Waals surface area contributed by atoms with Crippen LogP contribution in [-0.4, -0.2) is 32.3 Å². The zero-order valence-electron chi connectivity index (χ0n) is 18.2. The number of carbonyl (C=O) groups excluding carboxylic acids is 1. The Morgan fingerprint density at radius 1 is 1.09 bits per heavy atom. The van der Waals surface area contributed by atoms with Gasteiger partial charge >= 0.3 is 0 Å². The van der Waals surface area contributed by atoms with Crippen molar-refractivity contribution in [2.45, 2.75) is 30.3 Å². The van der Waals surface area contributed by atoms with E-state index in [4.69, 9.17) is 4.74 Å². The van der Waals surface area contributed by atoms with Gasteiger partial charge in [0.05, 0.1) is 18.0 Å². The first-order valence-electron chi connectivity index (χ1n) is 10.6. The molecule has 1 unspecified atom stereocenters. The molecule has 1 N–H and O–H groups in total. The molecule has 0 bridgehead atoms. The first-order chi connectivity index (χ1) is 15.9. The molecule has 33 heavy (non-hydrogen) atoms. The van der Waals surface area contributed by atoms with Crippen LogP contribution in [0.5, 0.6) is 5.75 Å². The van der Waals surface area contributed by atoms with Crippen LogP contribution in [0.25, 0.3) is 0 Å². The van der Waals surface area contributed by atoms with E-state index in [1.807, 2.05) is 48.5 Å². The molecule has 4 rings (SSSR count). The number of carbonyl (C=O) groups is 1. The maximum atomic E-state index is 13.4. The zero-order chi connectivity index (χ0) is 23.4. The number of rotatable bonds is 7. The molecule has 1 amide bonds. The Morgan fingerprint density at radius 2 is 1.85 bits per heavy atom. The minimum atomic E-state index is -3.92. The first-order valence-corrected chi connectivity index (χ1v) is 12.1. The summed E-state index contributed by atoms with van der Waals surface area (Å²) in [6.07, 6.45) is 0.514. The van der Waals surface area contributed by atoms with Gasteiger partial charge in [0.1, 0.15) is 11.6 Å². The number of halogens is 1. The predicted molar refractivity (Wildman–Crippen MR) is 123 cm³/mol.